The van der Waals surface area contributed by atoms with Crippen molar-refractivity contribution in [2.75, 3.05) is 0 Å². The van der Waals surface area contributed by atoms with Gasteiger partial charge in [0, 0.05) is 30.9 Å². The van der Waals surface area contributed by atoms with Crippen LogP contribution < -0.4 is 5.56 Å². The largest absolute Gasteiger partial charge is 0.337 e. The quantitative estimate of drug-likeness (QED) is 0.788. The molecular formula is C17H17N5O2. The van der Waals surface area contributed by atoms with E-state index in [4.69, 9.17) is 0 Å². The third-order valence-electron chi connectivity index (χ3n) is 4.38. The number of fused-ring (bicyclic) bond motifs is 1. The smallest absolute Gasteiger partial charge is 0.275 e. The number of hydrogen-bond acceptors (Lipinski definition) is 4. The average Bonchev–Trinajstić information content (AvgIpc) is 3.35. The molecule has 1 saturated carbocycles. The number of aromatic amines is 1. The van der Waals surface area contributed by atoms with Crippen molar-refractivity contribution in [3.63, 3.8) is 0 Å². The van der Waals surface area contributed by atoms with Crippen LogP contribution in [0.5, 0.6) is 0 Å². The van der Waals surface area contributed by atoms with Gasteiger partial charge in [-0.3, -0.25) is 9.59 Å². The third-order valence-corrected chi connectivity index (χ3v) is 4.38. The molecule has 1 amide bonds. The van der Waals surface area contributed by atoms with E-state index in [-0.39, 0.29) is 23.2 Å². The van der Waals surface area contributed by atoms with Crippen molar-refractivity contribution in [1.82, 2.24) is 24.6 Å². The molecule has 24 heavy (non-hydrogen) atoms. The van der Waals surface area contributed by atoms with Crippen LogP contribution in [0.4, 0.5) is 0 Å². The van der Waals surface area contributed by atoms with Crippen LogP contribution in [-0.4, -0.2) is 36.6 Å². The Bertz CT molecular complexity index is 970. The first kappa shape index (κ1) is 14.6. The predicted octanol–water partition coefficient (Wildman–Crippen LogP) is 1.46. The van der Waals surface area contributed by atoms with Crippen LogP contribution in [0.1, 0.15) is 29.2 Å². The molecule has 7 nitrogen and oxygen atoms in total. The van der Waals surface area contributed by atoms with Gasteiger partial charge in [0.1, 0.15) is 5.82 Å². The highest BCUT2D eigenvalue weighted by Gasteiger charge is 2.35. The van der Waals surface area contributed by atoms with Crippen molar-refractivity contribution in [2.24, 2.45) is 7.05 Å². The zero-order chi connectivity index (χ0) is 16.7. The van der Waals surface area contributed by atoms with Gasteiger partial charge in [-0.1, -0.05) is 18.2 Å². The normalized spacial score (nSPS) is 14.0. The molecule has 122 valence electrons. The lowest BCUT2D eigenvalue weighted by Crippen LogP contribution is -2.35. The van der Waals surface area contributed by atoms with Crippen LogP contribution in [0.3, 0.4) is 0 Å². The fraction of sp³-hybridized carbons (Fsp3) is 0.294. The Morgan fingerprint density at radius 3 is 2.75 bits per heavy atom. The van der Waals surface area contributed by atoms with Crippen molar-refractivity contribution < 1.29 is 4.79 Å². The van der Waals surface area contributed by atoms with Crippen LogP contribution >= 0.6 is 0 Å². The number of hydrogen-bond donors (Lipinski definition) is 1. The number of carbonyl (C=O) groups excluding carboxylic acids is 1. The molecule has 1 N–H and O–H groups in total. The first-order valence-corrected chi connectivity index (χ1v) is 7.90. The van der Waals surface area contributed by atoms with Crippen LogP contribution in [0.15, 0.2) is 41.5 Å². The van der Waals surface area contributed by atoms with Gasteiger partial charge in [-0.15, -0.1) is 0 Å². The maximum absolute atomic E-state index is 13.1. The zero-order valence-electron chi connectivity index (χ0n) is 13.3. The molecule has 0 saturated heterocycles. The molecule has 7 heteroatoms. The summed E-state index contributed by atoms with van der Waals surface area (Å²) in [6, 6.07) is 7.25. The van der Waals surface area contributed by atoms with E-state index in [1.165, 1.54) is 0 Å². The number of carbonyl (C=O) groups is 1. The maximum Gasteiger partial charge on any atom is 0.275 e. The van der Waals surface area contributed by atoms with E-state index < -0.39 is 0 Å². The Balaban J connectivity index is 1.75. The molecule has 0 atom stereocenters. The fourth-order valence-corrected chi connectivity index (χ4v) is 2.87. The minimum Gasteiger partial charge on any atom is -0.337 e. The van der Waals surface area contributed by atoms with Crippen molar-refractivity contribution in [3.05, 3.63) is 58.5 Å². The van der Waals surface area contributed by atoms with E-state index in [1.54, 1.807) is 35.4 Å². The van der Waals surface area contributed by atoms with Gasteiger partial charge in [0.05, 0.1) is 11.9 Å². The number of H-pyrrole nitrogens is 1. The predicted molar refractivity (Wildman–Crippen MR) is 88.5 cm³/mol. The second-order valence-corrected chi connectivity index (χ2v) is 6.07. The monoisotopic (exact) mass is 323 g/mol. The molecule has 1 aliphatic carbocycles. The SMILES string of the molecule is Cn1ccnc1CN(C(=O)c1n[nH]c(=O)c2ccccc12)C1CC1. The number of benzene rings is 1. The lowest BCUT2D eigenvalue weighted by molar-refractivity contribution is 0.0719. The summed E-state index contributed by atoms with van der Waals surface area (Å²) in [7, 11) is 1.91. The molecule has 1 aromatic carbocycles. The van der Waals surface area contributed by atoms with Crippen LogP contribution in [0.25, 0.3) is 10.8 Å². The summed E-state index contributed by atoms with van der Waals surface area (Å²) in [5.41, 5.74) is -0.00414. The Morgan fingerprint density at radius 1 is 1.33 bits per heavy atom. The second-order valence-electron chi connectivity index (χ2n) is 6.07. The van der Waals surface area contributed by atoms with Crippen LogP contribution in [-0.2, 0) is 13.6 Å². The molecule has 1 fully saturated rings. The molecule has 0 aliphatic heterocycles. The lowest BCUT2D eigenvalue weighted by Gasteiger charge is -2.22. The average molecular weight is 323 g/mol. The van der Waals surface area contributed by atoms with Gasteiger partial charge < -0.3 is 9.47 Å². The molecule has 0 unspecified atom stereocenters. The highest BCUT2D eigenvalue weighted by atomic mass is 16.2. The second kappa shape index (κ2) is 5.59. The van der Waals surface area contributed by atoms with E-state index in [2.05, 4.69) is 15.2 Å². The number of rotatable bonds is 4. The highest BCUT2D eigenvalue weighted by Crippen LogP contribution is 2.30. The van der Waals surface area contributed by atoms with E-state index in [0.29, 0.717) is 17.3 Å². The van der Waals surface area contributed by atoms with Crippen LogP contribution in [0.2, 0.25) is 0 Å². The minimum atomic E-state index is -0.288. The van der Waals surface area contributed by atoms with Crippen molar-refractivity contribution in [1.29, 1.82) is 0 Å². The standard InChI is InChI=1S/C17H17N5O2/c1-21-9-8-18-14(21)10-22(11-6-7-11)17(24)15-12-4-2-3-5-13(12)16(23)20-19-15/h2-5,8-9,11H,6-7,10H2,1H3,(H,20,23). The number of aryl methyl sites for hydroxylation is 1. The van der Waals surface area contributed by atoms with Gasteiger partial charge in [-0.05, 0) is 18.9 Å². The summed E-state index contributed by atoms with van der Waals surface area (Å²) in [5.74, 6) is 0.650. The van der Waals surface area contributed by atoms with E-state index in [0.717, 1.165) is 18.7 Å². The first-order valence-electron chi connectivity index (χ1n) is 7.90. The van der Waals surface area contributed by atoms with E-state index >= 15 is 0 Å². The Hall–Kier alpha value is -2.96. The maximum atomic E-state index is 13.1. The molecule has 2 aromatic heterocycles. The summed E-state index contributed by atoms with van der Waals surface area (Å²) in [4.78, 5) is 31.1. The van der Waals surface area contributed by atoms with Crippen molar-refractivity contribution in [2.45, 2.75) is 25.4 Å². The first-order chi connectivity index (χ1) is 11.6. The molecule has 3 aromatic rings. The summed E-state index contributed by atoms with van der Waals surface area (Å²) in [6.45, 7) is 0.433. The van der Waals surface area contributed by atoms with Gasteiger partial charge >= 0.3 is 0 Å². The molecule has 0 spiro atoms. The molecule has 4 rings (SSSR count). The molecule has 0 radical (unpaired) electrons. The number of amides is 1. The summed E-state index contributed by atoms with van der Waals surface area (Å²) >= 11 is 0. The van der Waals surface area contributed by atoms with Gasteiger partial charge in [-0.2, -0.15) is 5.10 Å². The topological polar surface area (TPSA) is 83.9 Å². The minimum absolute atomic E-state index is 0.173. The number of imidazole rings is 1. The van der Waals surface area contributed by atoms with E-state index in [9.17, 15) is 9.59 Å². The zero-order valence-corrected chi connectivity index (χ0v) is 13.3. The fourth-order valence-electron chi connectivity index (χ4n) is 2.87. The van der Waals surface area contributed by atoms with E-state index in [1.807, 2.05) is 17.8 Å². The van der Waals surface area contributed by atoms with Gasteiger partial charge in [0.2, 0.25) is 0 Å². The van der Waals surface area contributed by atoms with Gasteiger partial charge in [-0.25, -0.2) is 10.1 Å². The van der Waals surface area contributed by atoms with Crippen molar-refractivity contribution >= 4 is 16.7 Å². The van der Waals surface area contributed by atoms with Crippen molar-refractivity contribution in [3.8, 4) is 0 Å². The van der Waals surface area contributed by atoms with Gasteiger partial charge in [0.15, 0.2) is 5.69 Å². The molecule has 0 bridgehead atoms. The molecule has 2 heterocycles. The number of nitrogens with zero attached hydrogens (tertiary/aromatic N) is 4. The summed E-state index contributed by atoms with van der Waals surface area (Å²) in [6.07, 6.45) is 5.55. The summed E-state index contributed by atoms with van der Waals surface area (Å²) in [5, 5.41) is 7.52. The molecule has 1 aliphatic rings. The Labute approximate surface area is 137 Å². The van der Waals surface area contributed by atoms with Gasteiger partial charge in [0.25, 0.3) is 11.5 Å². The number of nitrogens with one attached hydrogen (secondary N) is 1. The Kier molecular flexibility index (Phi) is 3.41. The summed E-state index contributed by atoms with van der Waals surface area (Å²) < 4.78 is 1.90. The number of aromatic nitrogens is 4. The Morgan fingerprint density at radius 2 is 2.08 bits per heavy atom. The highest BCUT2D eigenvalue weighted by molar-refractivity contribution is 6.04. The molecular weight excluding hydrogens is 306 g/mol. The lowest BCUT2D eigenvalue weighted by atomic mass is 10.1. The van der Waals surface area contributed by atoms with Crippen LogP contribution in [0, 0.1) is 0 Å². The third kappa shape index (κ3) is 2.47.